The summed E-state index contributed by atoms with van der Waals surface area (Å²) in [7, 11) is 1.70. The number of unbranched alkanes of at least 4 members (excludes halogenated alkanes) is 1. The SMILES string of the molecule is C=Cc1nccc(OC)c1CCCC(=C)CCCC. The van der Waals surface area contributed by atoms with E-state index in [0.717, 1.165) is 42.7 Å². The lowest BCUT2D eigenvalue weighted by Crippen LogP contribution is -1.98. The van der Waals surface area contributed by atoms with Crippen LogP contribution in [0.2, 0.25) is 0 Å². The molecule has 0 unspecified atom stereocenters. The molecular formula is C17H25NO. The average molecular weight is 259 g/mol. The first-order valence-corrected chi connectivity index (χ1v) is 7.03. The molecule has 2 nitrogen and oxygen atoms in total. The third-order valence-corrected chi connectivity index (χ3v) is 3.30. The second kappa shape index (κ2) is 8.52. The van der Waals surface area contributed by atoms with Gasteiger partial charge in [-0.3, -0.25) is 4.98 Å². The number of nitrogens with zero attached hydrogens (tertiary/aromatic N) is 1. The first-order chi connectivity index (χ1) is 9.22. The van der Waals surface area contributed by atoms with Gasteiger partial charge in [0, 0.05) is 11.8 Å². The summed E-state index contributed by atoms with van der Waals surface area (Å²) in [4.78, 5) is 4.33. The lowest BCUT2D eigenvalue weighted by atomic mass is 10.0. The number of aromatic nitrogens is 1. The van der Waals surface area contributed by atoms with Crippen molar-refractivity contribution in [3.63, 3.8) is 0 Å². The van der Waals surface area contributed by atoms with Crippen LogP contribution in [0.25, 0.3) is 6.08 Å². The van der Waals surface area contributed by atoms with Gasteiger partial charge in [-0.15, -0.1) is 0 Å². The second-order valence-corrected chi connectivity index (χ2v) is 4.79. The molecular weight excluding hydrogens is 234 g/mol. The van der Waals surface area contributed by atoms with Gasteiger partial charge in [0.25, 0.3) is 0 Å². The number of ether oxygens (including phenoxy) is 1. The smallest absolute Gasteiger partial charge is 0.125 e. The van der Waals surface area contributed by atoms with Crippen LogP contribution >= 0.6 is 0 Å². The van der Waals surface area contributed by atoms with E-state index in [2.05, 4.69) is 25.1 Å². The average Bonchev–Trinajstić information content (AvgIpc) is 2.45. The number of hydrogen-bond acceptors (Lipinski definition) is 2. The van der Waals surface area contributed by atoms with Crippen molar-refractivity contribution in [2.45, 2.75) is 45.4 Å². The Hall–Kier alpha value is -1.57. The highest BCUT2D eigenvalue weighted by Gasteiger charge is 2.08. The van der Waals surface area contributed by atoms with E-state index in [-0.39, 0.29) is 0 Å². The molecule has 1 rings (SSSR count). The normalized spacial score (nSPS) is 10.2. The van der Waals surface area contributed by atoms with Crippen LogP contribution < -0.4 is 4.74 Å². The lowest BCUT2D eigenvalue weighted by Gasteiger charge is -2.11. The molecule has 1 aromatic heterocycles. The molecule has 0 bridgehead atoms. The van der Waals surface area contributed by atoms with Crippen molar-refractivity contribution in [3.05, 3.63) is 42.3 Å². The van der Waals surface area contributed by atoms with Crippen LogP contribution in [0.1, 0.15) is 50.3 Å². The molecule has 0 saturated carbocycles. The summed E-state index contributed by atoms with van der Waals surface area (Å²) in [6.45, 7) is 10.2. The Morgan fingerprint density at radius 1 is 1.37 bits per heavy atom. The fourth-order valence-electron chi connectivity index (χ4n) is 2.18. The lowest BCUT2D eigenvalue weighted by molar-refractivity contribution is 0.408. The van der Waals surface area contributed by atoms with E-state index in [1.807, 2.05) is 6.07 Å². The van der Waals surface area contributed by atoms with Gasteiger partial charge in [-0.05, 0) is 44.2 Å². The number of pyridine rings is 1. The minimum absolute atomic E-state index is 0.907. The van der Waals surface area contributed by atoms with Crippen LogP contribution in [0.4, 0.5) is 0 Å². The van der Waals surface area contributed by atoms with Crippen molar-refractivity contribution in [1.82, 2.24) is 4.98 Å². The highest BCUT2D eigenvalue weighted by Crippen LogP contribution is 2.24. The zero-order chi connectivity index (χ0) is 14.1. The molecule has 0 N–H and O–H groups in total. The Labute approximate surface area is 117 Å². The molecule has 0 spiro atoms. The molecule has 1 heterocycles. The van der Waals surface area contributed by atoms with E-state index in [0.29, 0.717) is 0 Å². The van der Waals surface area contributed by atoms with Gasteiger partial charge < -0.3 is 4.74 Å². The van der Waals surface area contributed by atoms with E-state index >= 15 is 0 Å². The third-order valence-electron chi connectivity index (χ3n) is 3.30. The minimum atomic E-state index is 0.907. The van der Waals surface area contributed by atoms with Gasteiger partial charge in [0.2, 0.25) is 0 Å². The van der Waals surface area contributed by atoms with E-state index in [9.17, 15) is 0 Å². The van der Waals surface area contributed by atoms with Crippen molar-refractivity contribution in [2.24, 2.45) is 0 Å². The zero-order valence-electron chi connectivity index (χ0n) is 12.2. The summed E-state index contributed by atoms with van der Waals surface area (Å²) < 4.78 is 5.40. The van der Waals surface area contributed by atoms with Crippen molar-refractivity contribution in [3.8, 4) is 5.75 Å². The predicted octanol–water partition coefficient (Wildman–Crippen LogP) is 4.80. The summed E-state index contributed by atoms with van der Waals surface area (Å²) in [5.41, 5.74) is 3.44. The third kappa shape index (κ3) is 4.90. The Morgan fingerprint density at radius 3 is 2.74 bits per heavy atom. The molecule has 0 atom stereocenters. The summed E-state index contributed by atoms with van der Waals surface area (Å²) in [5, 5.41) is 0. The summed E-state index contributed by atoms with van der Waals surface area (Å²) >= 11 is 0. The van der Waals surface area contributed by atoms with E-state index in [4.69, 9.17) is 4.74 Å². The molecule has 19 heavy (non-hydrogen) atoms. The zero-order valence-corrected chi connectivity index (χ0v) is 12.2. The van der Waals surface area contributed by atoms with E-state index in [1.165, 1.54) is 18.4 Å². The molecule has 2 heteroatoms. The van der Waals surface area contributed by atoms with E-state index in [1.54, 1.807) is 19.4 Å². The summed E-state index contributed by atoms with van der Waals surface area (Å²) in [6.07, 6.45) is 10.3. The van der Waals surface area contributed by atoms with Gasteiger partial charge in [-0.2, -0.15) is 0 Å². The van der Waals surface area contributed by atoms with Gasteiger partial charge in [0.1, 0.15) is 5.75 Å². The quantitative estimate of drug-likeness (QED) is 0.594. The number of allylic oxidation sites excluding steroid dienone is 1. The van der Waals surface area contributed by atoms with Crippen LogP contribution in [-0.2, 0) is 6.42 Å². The molecule has 104 valence electrons. The number of hydrogen-bond donors (Lipinski definition) is 0. The van der Waals surface area contributed by atoms with Gasteiger partial charge in [0.15, 0.2) is 0 Å². The first-order valence-electron chi connectivity index (χ1n) is 7.03. The minimum Gasteiger partial charge on any atom is -0.496 e. The van der Waals surface area contributed by atoms with Crippen molar-refractivity contribution in [1.29, 1.82) is 0 Å². The fraction of sp³-hybridized carbons (Fsp3) is 0.471. The van der Waals surface area contributed by atoms with Crippen molar-refractivity contribution in [2.75, 3.05) is 7.11 Å². The summed E-state index contributed by atoms with van der Waals surface area (Å²) in [5.74, 6) is 0.907. The monoisotopic (exact) mass is 259 g/mol. The number of methoxy groups -OCH3 is 1. The molecule has 0 aromatic carbocycles. The van der Waals surface area contributed by atoms with Crippen molar-refractivity contribution >= 4 is 6.08 Å². The fourth-order valence-corrected chi connectivity index (χ4v) is 2.18. The van der Waals surface area contributed by atoms with Gasteiger partial charge in [-0.1, -0.05) is 32.1 Å². The van der Waals surface area contributed by atoms with Crippen LogP contribution in [0, 0.1) is 0 Å². The highest BCUT2D eigenvalue weighted by atomic mass is 16.5. The van der Waals surface area contributed by atoms with Crippen molar-refractivity contribution < 1.29 is 4.74 Å². The Kier molecular flexibility index (Phi) is 6.94. The van der Waals surface area contributed by atoms with Crippen LogP contribution in [0.3, 0.4) is 0 Å². The largest absolute Gasteiger partial charge is 0.496 e. The second-order valence-electron chi connectivity index (χ2n) is 4.79. The Bertz CT molecular complexity index is 423. The molecule has 0 aliphatic carbocycles. The molecule has 0 aliphatic heterocycles. The maximum Gasteiger partial charge on any atom is 0.125 e. The predicted molar refractivity (Wildman–Crippen MR) is 82.5 cm³/mol. The van der Waals surface area contributed by atoms with Crippen LogP contribution in [0.15, 0.2) is 31.0 Å². The molecule has 1 aromatic rings. The topological polar surface area (TPSA) is 22.1 Å². The van der Waals surface area contributed by atoms with Gasteiger partial charge in [0.05, 0.1) is 12.8 Å². The molecule has 0 radical (unpaired) electrons. The molecule has 0 amide bonds. The number of rotatable bonds is 9. The molecule has 0 fully saturated rings. The van der Waals surface area contributed by atoms with Crippen LogP contribution in [0.5, 0.6) is 5.75 Å². The van der Waals surface area contributed by atoms with Crippen LogP contribution in [-0.4, -0.2) is 12.1 Å². The maximum atomic E-state index is 5.40. The molecule has 0 aliphatic rings. The van der Waals surface area contributed by atoms with E-state index < -0.39 is 0 Å². The Morgan fingerprint density at radius 2 is 2.11 bits per heavy atom. The Balaban J connectivity index is 2.57. The first kappa shape index (κ1) is 15.5. The van der Waals surface area contributed by atoms with Gasteiger partial charge in [-0.25, -0.2) is 0 Å². The highest BCUT2D eigenvalue weighted by molar-refractivity contribution is 5.52. The van der Waals surface area contributed by atoms with Gasteiger partial charge >= 0.3 is 0 Å². The standard InChI is InChI=1S/C17H25NO/c1-5-7-9-14(3)10-8-11-15-16(6-2)18-13-12-17(15)19-4/h6,12-13H,2-3,5,7-11H2,1,4H3. The maximum absolute atomic E-state index is 5.40. The molecule has 0 saturated heterocycles. The summed E-state index contributed by atoms with van der Waals surface area (Å²) in [6, 6.07) is 1.91.